The molecule has 31 heavy (non-hydrogen) atoms. The predicted molar refractivity (Wildman–Crippen MR) is 114 cm³/mol. The highest BCUT2D eigenvalue weighted by atomic mass is 16.6. The predicted octanol–water partition coefficient (Wildman–Crippen LogP) is 3.31. The molecule has 174 valence electrons. The van der Waals surface area contributed by atoms with Crippen molar-refractivity contribution in [2.75, 3.05) is 40.0 Å². The van der Waals surface area contributed by atoms with E-state index in [4.69, 9.17) is 23.7 Å². The van der Waals surface area contributed by atoms with Gasteiger partial charge in [0.15, 0.2) is 0 Å². The van der Waals surface area contributed by atoms with Gasteiger partial charge < -0.3 is 28.6 Å². The molecule has 6 atom stereocenters. The van der Waals surface area contributed by atoms with Crippen LogP contribution < -0.4 is 0 Å². The molecule has 0 radical (unpaired) electrons. The summed E-state index contributed by atoms with van der Waals surface area (Å²) in [6.07, 6.45) is 6.29. The maximum absolute atomic E-state index is 12.9. The van der Waals surface area contributed by atoms with Crippen LogP contribution in [-0.2, 0) is 23.7 Å². The average Bonchev–Trinajstić information content (AvgIpc) is 3.64. The number of allylic oxidation sites excluding steroid dienone is 1. The fourth-order valence-electron chi connectivity index (χ4n) is 6.29. The Morgan fingerprint density at radius 3 is 2.52 bits per heavy atom. The van der Waals surface area contributed by atoms with E-state index in [9.17, 15) is 4.79 Å². The summed E-state index contributed by atoms with van der Waals surface area (Å²) in [5.41, 5.74) is 1.04. The molecule has 4 aliphatic heterocycles. The third-order valence-corrected chi connectivity index (χ3v) is 8.35. The molecule has 0 aromatic heterocycles. The highest BCUT2D eigenvalue weighted by molar-refractivity contribution is 5.69. The van der Waals surface area contributed by atoms with E-state index in [1.807, 2.05) is 4.90 Å². The van der Waals surface area contributed by atoms with Crippen LogP contribution in [0.3, 0.4) is 0 Å². The minimum absolute atomic E-state index is 0.0605. The third kappa shape index (κ3) is 3.81. The molecule has 1 unspecified atom stereocenters. The van der Waals surface area contributed by atoms with Crippen LogP contribution >= 0.6 is 0 Å². The Kier molecular flexibility index (Phi) is 5.40. The fourth-order valence-corrected chi connectivity index (χ4v) is 6.29. The molecule has 1 aliphatic carbocycles. The van der Waals surface area contributed by atoms with Gasteiger partial charge in [0.2, 0.25) is 0 Å². The quantitative estimate of drug-likeness (QED) is 0.487. The summed E-state index contributed by atoms with van der Waals surface area (Å²) in [5, 5.41) is 0. The van der Waals surface area contributed by atoms with Gasteiger partial charge in [0, 0.05) is 38.8 Å². The van der Waals surface area contributed by atoms with Crippen LogP contribution in [0.1, 0.15) is 52.9 Å². The molecule has 5 rings (SSSR count). The second-order valence-electron chi connectivity index (χ2n) is 10.8. The minimum atomic E-state index is -0.308. The van der Waals surface area contributed by atoms with Gasteiger partial charge in [-0.3, -0.25) is 0 Å². The first-order valence-electron chi connectivity index (χ1n) is 11.8. The zero-order chi connectivity index (χ0) is 21.9. The SMILES string of the molecule is CO[C@H]1C([C@@]2(C)O[C@@H]2CC=C(C)C)[C@]2(CC[C@H]1OC(=O)N1CC3(CCOCC3)C1)CO2. The monoisotopic (exact) mass is 435 g/mol. The molecule has 5 fully saturated rings. The van der Waals surface area contributed by atoms with Gasteiger partial charge in [-0.15, -0.1) is 0 Å². The first-order chi connectivity index (χ1) is 14.8. The average molecular weight is 436 g/mol. The smallest absolute Gasteiger partial charge is 0.410 e. The Hall–Kier alpha value is -1.15. The van der Waals surface area contributed by atoms with Gasteiger partial charge in [0.05, 0.1) is 18.6 Å². The van der Waals surface area contributed by atoms with Gasteiger partial charge in [-0.25, -0.2) is 4.79 Å². The highest BCUT2D eigenvalue weighted by Crippen LogP contribution is 2.59. The van der Waals surface area contributed by atoms with Crippen LogP contribution in [0.2, 0.25) is 0 Å². The van der Waals surface area contributed by atoms with E-state index >= 15 is 0 Å². The molecule has 1 saturated carbocycles. The number of amides is 1. The molecule has 4 saturated heterocycles. The van der Waals surface area contributed by atoms with Gasteiger partial charge in [0.25, 0.3) is 0 Å². The summed E-state index contributed by atoms with van der Waals surface area (Å²) in [7, 11) is 1.72. The lowest BCUT2D eigenvalue weighted by Gasteiger charge is -2.52. The van der Waals surface area contributed by atoms with E-state index in [1.165, 1.54) is 5.57 Å². The van der Waals surface area contributed by atoms with Crippen molar-refractivity contribution < 1.29 is 28.5 Å². The Balaban J connectivity index is 1.24. The Morgan fingerprint density at radius 2 is 1.90 bits per heavy atom. The van der Waals surface area contributed by atoms with Crippen LogP contribution in [0.4, 0.5) is 4.79 Å². The number of hydrogen-bond acceptors (Lipinski definition) is 6. The molecule has 7 heteroatoms. The number of methoxy groups -OCH3 is 1. The van der Waals surface area contributed by atoms with Gasteiger partial charge in [0.1, 0.15) is 23.4 Å². The standard InChI is InChI=1S/C24H37NO6/c1-16(2)5-6-18-22(3,31-18)20-19(27-4)17(7-8-24(20)15-29-24)30-21(26)25-13-23(14-25)9-11-28-12-10-23/h5,17-20H,6-15H2,1-4H3/t17-,18-,19-,20?,22+,24+/m1/s1. The van der Waals surface area contributed by atoms with Crippen LogP contribution in [0.5, 0.6) is 0 Å². The molecular formula is C24H37NO6. The molecule has 5 aliphatic rings. The third-order valence-electron chi connectivity index (χ3n) is 8.35. The fraction of sp³-hybridized carbons (Fsp3) is 0.875. The zero-order valence-corrected chi connectivity index (χ0v) is 19.4. The molecule has 0 aromatic rings. The summed E-state index contributed by atoms with van der Waals surface area (Å²) in [6.45, 7) is 10.3. The number of epoxide rings is 2. The number of nitrogens with zero attached hydrogens (tertiary/aromatic N) is 1. The highest BCUT2D eigenvalue weighted by Gasteiger charge is 2.72. The number of carbonyl (C=O) groups is 1. The summed E-state index contributed by atoms with van der Waals surface area (Å²) < 4.78 is 29.8. The van der Waals surface area contributed by atoms with Gasteiger partial charge >= 0.3 is 6.09 Å². The van der Waals surface area contributed by atoms with Crippen LogP contribution in [0, 0.1) is 11.3 Å². The second-order valence-corrected chi connectivity index (χ2v) is 10.8. The van der Waals surface area contributed by atoms with Crippen molar-refractivity contribution in [2.45, 2.75) is 82.4 Å². The molecule has 7 nitrogen and oxygen atoms in total. The Morgan fingerprint density at radius 1 is 1.19 bits per heavy atom. The molecule has 0 aromatic carbocycles. The molecule has 0 bridgehead atoms. The second kappa shape index (κ2) is 7.72. The largest absolute Gasteiger partial charge is 0.443 e. The first-order valence-corrected chi connectivity index (χ1v) is 11.8. The van der Waals surface area contributed by atoms with Crippen molar-refractivity contribution in [3.8, 4) is 0 Å². The number of rotatable bonds is 5. The molecule has 2 spiro atoms. The number of carbonyl (C=O) groups excluding carboxylic acids is 1. The van der Waals surface area contributed by atoms with Crippen molar-refractivity contribution in [3.05, 3.63) is 11.6 Å². The molecule has 4 heterocycles. The van der Waals surface area contributed by atoms with E-state index in [2.05, 4.69) is 26.8 Å². The maximum atomic E-state index is 12.9. The van der Waals surface area contributed by atoms with Crippen molar-refractivity contribution in [2.24, 2.45) is 11.3 Å². The van der Waals surface area contributed by atoms with Crippen molar-refractivity contribution in [1.82, 2.24) is 4.90 Å². The summed E-state index contributed by atoms with van der Waals surface area (Å²) in [4.78, 5) is 14.8. The summed E-state index contributed by atoms with van der Waals surface area (Å²) >= 11 is 0. The Labute approximate surface area is 185 Å². The van der Waals surface area contributed by atoms with E-state index < -0.39 is 0 Å². The van der Waals surface area contributed by atoms with Crippen LogP contribution in [0.25, 0.3) is 0 Å². The van der Waals surface area contributed by atoms with Gasteiger partial charge in [-0.2, -0.15) is 0 Å². The van der Waals surface area contributed by atoms with Crippen molar-refractivity contribution >= 4 is 6.09 Å². The molecule has 0 N–H and O–H groups in total. The van der Waals surface area contributed by atoms with Crippen molar-refractivity contribution in [1.29, 1.82) is 0 Å². The number of likely N-dealkylation sites (tertiary alicyclic amines) is 1. The maximum Gasteiger partial charge on any atom is 0.410 e. The Bertz CT molecular complexity index is 730. The zero-order valence-electron chi connectivity index (χ0n) is 19.4. The topological polar surface area (TPSA) is 73.1 Å². The lowest BCUT2D eigenvalue weighted by Crippen LogP contribution is -2.62. The number of hydrogen-bond donors (Lipinski definition) is 0. The minimum Gasteiger partial charge on any atom is -0.443 e. The van der Waals surface area contributed by atoms with E-state index in [-0.39, 0.29) is 46.9 Å². The first kappa shape index (κ1) is 21.7. The van der Waals surface area contributed by atoms with Crippen LogP contribution in [-0.4, -0.2) is 80.5 Å². The van der Waals surface area contributed by atoms with E-state index in [1.54, 1.807) is 7.11 Å². The van der Waals surface area contributed by atoms with E-state index in [0.29, 0.717) is 0 Å². The lowest BCUT2D eigenvalue weighted by atomic mass is 9.68. The van der Waals surface area contributed by atoms with Crippen LogP contribution in [0.15, 0.2) is 11.6 Å². The normalized spacial score (nSPS) is 42.8. The van der Waals surface area contributed by atoms with Gasteiger partial charge in [-0.05, 0) is 52.9 Å². The van der Waals surface area contributed by atoms with E-state index in [0.717, 1.165) is 65.0 Å². The molecule has 1 amide bonds. The summed E-state index contributed by atoms with van der Waals surface area (Å²) in [5.74, 6) is 0.0605. The molecular weight excluding hydrogens is 398 g/mol. The van der Waals surface area contributed by atoms with Crippen molar-refractivity contribution in [3.63, 3.8) is 0 Å². The number of ether oxygens (including phenoxy) is 5. The lowest BCUT2D eigenvalue weighted by molar-refractivity contribution is -0.132. The van der Waals surface area contributed by atoms with Gasteiger partial charge in [-0.1, -0.05) is 11.6 Å². The summed E-state index contributed by atoms with van der Waals surface area (Å²) in [6, 6.07) is 0.